The number of methoxy groups -OCH3 is 2. The second-order valence-corrected chi connectivity index (χ2v) is 5.91. The highest BCUT2D eigenvalue weighted by molar-refractivity contribution is 9.10. The van der Waals surface area contributed by atoms with E-state index in [-0.39, 0.29) is 17.2 Å². The van der Waals surface area contributed by atoms with Gasteiger partial charge >= 0.3 is 5.97 Å². The van der Waals surface area contributed by atoms with Crippen molar-refractivity contribution in [1.82, 2.24) is 0 Å². The number of rotatable bonds is 4. The summed E-state index contributed by atoms with van der Waals surface area (Å²) >= 11 is 3.39. The number of carbonyl (C=O) groups is 1. The molecule has 3 rings (SSSR count). The number of benzene rings is 2. The zero-order valence-corrected chi connectivity index (χ0v) is 15.0. The molecule has 0 radical (unpaired) electrons. The standard InChI is InChI=1S/C18H13BrFNO4/c1-23-15-9-10(7-12(19)16(15)24-2)8-14-18(22)25-17(21-14)11-5-3-4-6-13(11)20/h3-9H,1-2H3/b14-8+. The molecule has 2 aromatic rings. The molecule has 25 heavy (non-hydrogen) atoms. The third-order valence-electron chi connectivity index (χ3n) is 3.48. The fourth-order valence-corrected chi connectivity index (χ4v) is 2.96. The normalized spacial score (nSPS) is 15.1. The highest BCUT2D eigenvalue weighted by atomic mass is 79.9. The van der Waals surface area contributed by atoms with Crippen molar-refractivity contribution >= 4 is 33.9 Å². The molecule has 2 aromatic carbocycles. The summed E-state index contributed by atoms with van der Waals surface area (Å²) in [7, 11) is 3.04. The Bertz CT molecular complexity index is 908. The molecule has 0 amide bonds. The van der Waals surface area contributed by atoms with E-state index in [1.165, 1.54) is 32.4 Å². The van der Waals surface area contributed by atoms with Crippen molar-refractivity contribution in [3.8, 4) is 11.5 Å². The average molecular weight is 406 g/mol. The Morgan fingerprint density at radius 2 is 1.96 bits per heavy atom. The zero-order valence-electron chi connectivity index (χ0n) is 13.4. The van der Waals surface area contributed by atoms with E-state index in [0.717, 1.165) is 0 Å². The number of cyclic esters (lactones) is 1. The van der Waals surface area contributed by atoms with Gasteiger partial charge in [0.1, 0.15) is 5.82 Å². The van der Waals surface area contributed by atoms with Gasteiger partial charge in [0.15, 0.2) is 17.2 Å². The topological polar surface area (TPSA) is 57.1 Å². The van der Waals surface area contributed by atoms with Crippen molar-refractivity contribution in [1.29, 1.82) is 0 Å². The number of aliphatic imine (C=N–C) groups is 1. The Labute approximate surface area is 151 Å². The Hall–Kier alpha value is -2.67. The molecule has 128 valence electrons. The van der Waals surface area contributed by atoms with Crippen LogP contribution in [-0.4, -0.2) is 26.1 Å². The first-order valence-corrected chi connectivity index (χ1v) is 8.01. The molecule has 0 aliphatic carbocycles. The van der Waals surface area contributed by atoms with Gasteiger partial charge in [-0.2, -0.15) is 0 Å². The SMILES string of the molecule is COc1cc(/C=C2/N=C(c3ccccc3F)OC2=O)cc(Br)c1OC. The maximum absolute atomic E-state index is 13.8. The van der Waals surface area contributed by atoms with Gasteiger partial charge < -0.3 is 14.2 Å². The molecule has 0 bridgehead atoms. The summed E-state index contributed by atoms with van der Waals surface area (Å²) in [6, 6.07) is 9.41. The zero-order chi connectivity index (χ0) is 18.0. The molecule has 0 fully saturated rings. The van der Waals surface area contributed by atoms with Gasteiger partial charge in [0.2, 0.25) is 5.90 Å². The molecule has 0 aromatic heterocycles. The lowest BCUT2D eigenvalue weighted by Crippen LogP contribution is -2.07. The van der Waals surface area contributed by atoms with Crippen molar-refractivity contribution in [2.75, 3.05) is 14.2 Å². The molecular weight excluding hydrogens is 393 g/mol. The summed E-state index contributed by atoms with van der Waals surface area (Å²) in [6.07, 6.45) is 1.53. The van der Waals surface area contributed by atoms with Crippen LogP contribution in [0.5, 0.6) is 11.5 Å². The molecule has 0 spiro atoms. The molecule has 7 heteroatoms. The predicted octanol–water partition coefficient (Wildman–Crippen LogP) is 3.95. The number of nitrogens with zero attached hydrogens (tertiary/aromatic N) is 1. The Morgan fingerprint density at radius 1 is 1.20 bits per heavy atom. The van der Waals surface area contributed by atoms with Crippen LogP contribution in [0.25, 0.3) is 6.08 Å². The number of carbonyl (C=O) groups excluding carboxylic acids is 1. The van der Waals surface area contributed by atoms with Gasteiger partial charge in [-0.1, -0.05) is 12.1 Å². The highest BCUT2D eigenvalue weighted by Gasteiger charge is 2.26. The van der Waals surface area contributed by atoms with E-state index in [4.69, 9.17) is 14.2 Å². The van der Waals surface area contributed by atoms with Crippen molar-refractivity contribution in [2.45, 2.75) is 0 Å². The monoisotopic (exact) mass is 405 g/mol. The number of halogens is 2. The summed E-state index contributed by atoms with van der Waals surface area (Å²) in [5.41, 5.74) is 0.847. The van der Waals surface area contributed by atoms with E-state index in [9.17, 15) is 9.18 Å². The van der Waals surface area contributed by atoms with Crippen LogP contribution in [0.3, 0.4) is 0 Å². The first kappa shape index (κ1) is 17.2. The molecule has 0 N–H and O–H groups in total. The quantitative estimate of drug-likeness (QED) is 0.570. The second kappa shape index (κ2) is 7.06. The van der Waals surface area contributed by atoms with Crippen LogP contribution in [0.1, 0.15) is 11.1 Å². The number of hydrogen-bond acceptors (Lipinski definition) is 5. The van der Waals surface area contributed by atoms with E-state index in [1.54, 1.807) is 24.3 Å². The van der Waals surface area contributed by atoms with Crippen LogP contribution in [-0.2, 0) is 9.53 Å². The Morgan fingerprint density at radius 3 is 2.64 bits per heavy atom. The summed E-state index contributed by atoms with van der Waals surface area (Å²) < 4.78 is 30.1. The van der Waals surface area contributed by atoms with Crippen molar-refractivity contribution < 1.29 is 23.4 Å². The lowest BCUT2D eigenvalue weighted by atomic mass is 10.1. The van der Waals surface area contributed by atoms with Crippen LogP contribution in [0.15, 0.2) is 51.6 Å². The summed E-state index contributed by atoms with van der Waals surface area (Å²) in [4.78, 5) is 16.1. The molecule has 0 saturated heterocycles. The lowest BCUT2D eigenvalue weighted by Gasteiger charge is -2.10. The van der Waals surface area contributed by atoms with Gasteiger partial charge in [0, 0.05) is 0 Å². The molecular formula is C18H13BrFNO4. The van der Waals surface area contributed by atoms with Crippen molar-refractivity contribution in [3.63, 3.8) is 0 Å². The fraction of sp³-hybridized carbons (Fsp3) is 0.111. The van der Waals surface area contributed by atoms with Crippen molar-refractivity contribution in [3.05, 3.63) is 63.5 Å². The average Bonchev–Trinajstić information content (AvgIpc) is 2.95. The molecule has 1 aliphatic heterocycles. The Kier molecular flexibility index (Phi) is 4.85. The molecule has 0 unspecified atom stereocenters. The number of esters is 1. The van der Waals surface area contributed by atoms with Crippen LogP contribution in [0, 0.1) is 5.82 Å². The largest absolute Gasteiger partial charge is 0.493 e. The van der Waals surface area contributed by atoms with E-state index >= 15 is 0 Å². The third kappa shape index (κ3) is 3.41. The van der Waals surface area contributed by atoms with Crippen LogP contribution < -0.4 is 9.47 Å². The van der Waals surface area contributed by atoms with Crippen LogP contribution >= 0.6 is 15.9 Å². The van der Waals surface area contributed by atoms with E-state index in [1.807, 2.05) is 0 Å². The minimum absolute atomic E-state index is 0.0612. The van der Waals surface area contributed by atoms with Crippen molar-refractivity contribution in [2.24, 2.45) is 4.99 Å². The fourth-order valence-electron chi connectivity index (χ4n) is 2.34. The molecule has 0 atom stereocenters. The van der Waals surface area contributed by atoms with E-state index in [0.29, 0.717) is 21.5 Å². The van der Waals surface area contributed by atoms with Gasteiger partial charge in [0.05, 0.1) is 24.3 Å². The van der Waals surface area contributed by atoms with E-state index in [2.05, 4.69) is 20.9 Å². The first-order valence-electron chi connectivity index (χ1n) is 7.22. The van der Waals surface area contributed by atoms with Crippen LogP contribution in [0.4, 0.5) is 4.39 Å². The molecule has 1 aliphatic rings. The van der Waals surface area contributed by atoms with Gasteiger partial charge in [0.25, 0.3) is 0 Å². The Balaban J connectivity index is 2.00. The van der Waals surface area contributed by atoms with Gasteiger partial charge in [-0.25, -0.2) is 14.2 Å². The van der Waals surface area contributed by atoms with Crippen LogP contribution in [0.2, 0.25) is 0 Å². The summed E-state index contributed by atoms with van der Waals surface area (Å²) in [5.74, 6) is -0.190. The first-order chi connectivity index (χ1) is 12.0. The van der Waals surface area contributed by atoms with Gasteiger partial charge in [-0.05, 0) is 51.8 Å². The predicted molar refractivity (Wildman–Crippen MR) is 94.3 cm³/mol. The smallest absolute Gasteiger partial charge is 0.363 e. The lowest BCUT2D eigenvalue weighted by molar-refractivity contribution is -0.129. The minimum atomic E-state index is -0.649. The number of hydrogen-bond donors (Lipinski definition) is 0. The second-order valence-electron chi connectivity index (χ2n) is 5.05. The summed E-state index contributed by atoms with van der Waals surface area (Å²) in [6.45, 7) is 0. The minimum Gasteiger partial charge on any atom is -0.493 e. The molecule has 0 saturated carbocycles. The number of ether oxygens (including phenoxy) is 3. The third-order valence-corrected chi connectivity index (χ3v) is 4.07. The molecule has 5 nitrogen and oxygen atoms in total. The summed E-state index contributed by atoms with van der Waals surface area (Å²) in [5, 5.41) is 0. The maximum Gasteiger partial charge on any atom is 0.363 e. The highest BCUT2D eigenvalue weighted by Crippen LogP contribution is 2.37. The molecule has 1 heterocycles. The van der Waals surface area contributed by atoms with E-state index < -0.39 is 11.8 Å². The maximum atomic E-state index is 13.8. The van der Waals surface area contributed by atoms with Gasteiger partial charge in [-0.3, -0.25) is 0 Å². The van der Waals surface area contributed by atoms with Gasteiger partial charge in [-0.15, -0.1) is 0 Å².